The molecule has 0 N–H and O–H groups in total. The van der Waals surface area contributed by atoms with Crippen LogP contribution in [-0.4, -0.2) is 19.1 Å². The van der Waals surface area contributed by atoms with Crippen LogP contribution in [0.15, 0.2) is 170 Å². The van der Waals surface area contributed by atoms with Gasteiger partial charge in [-0.15, -0.1) is 0 Å². The maximum Gasteiger partial charge on any atom is 0.0499 e. The van der Waals surface area contributed by atoms with Crippen molar-refractivity contribution in [3.63, 3.8) is 0 Å². The predicted octanol–water partition coefficient (Wildman–Crippen LogP) is 16.8. The van der Waals surface area contributed by atoms with Gasteiger partial charge in [-0.2, -0.15) is 0 Å². The summed E-state index contributed by atoms with van der Waals surface area (Å²) < 4.78 is 5.24. The van der Waals surface area contributed by atoms with Crippen LogP contribution in [0.1, 0.15) is 65.2 Å². The topological polar surface area (TPSA) is 35.6 Å². The number of hydrogen-bond acceptors (Lipinski definition) is 2. The van der Waals surface area contributed by atoms with Crippen LogP contribution in [0.5, 0.6) is 0 Å². The summed E-state index contributed by atoms with van der Waals surface area (Å²) in [4.78, 5) is 9.56. The molecule has 0 aliphatic heterocycles. The van der Waals surface area contributed by atoms with Crippen LogP contribution in [-0.2, 0) is 13.1 Å². The molecule has 11 aromatic rings. The summed E-state index contributed by atoms with van der Waals surface area (Å²) in [6.45, 7) is 6.57. The minimum Gasteiger partial charge on any atom is -0.340 e. The van der Waals surface area contributed by atoms with Gasteiger partial charge < -0.3 is 9.13 Å². The lowest BCUT2D eigenvalue weighted by Crippen LogP contribution is -1.99. The van der Waals surface area contributed by atoms with E-state index in [4.69, 9.17) is 9.97 Å². The summed E-state index contributed by atoms with van der Waals surface area (Å²) in [5, 5.41) is 10.3. The van der Waals surface area contributed by atoms with E-state index in [0.717, 1.165) is 48.2 Å². The highest BCUT2D eigenvalue weighted by Crippen LogP contribution is 2.41. The first kappa shape index (κ1) is 39.8. The van der Waals surface area contributed by atoms with Gasteiger partial charge in [-0.25, -0.2) is 0 Å². The zero-order valence-electron chi connectivity index (χ0n) is 37.0. The van der Waals surface area contributed by atoms with Gasteiger partial charge in [-0.3, -0.25) is 9.97 Å². The van der Waals surface area contributed by atoms with Crippen molar-refractivity contribution in [2.75, 3.05) is 0 Å². The van der Waals surface area contributed by atoms with Crippen LogP contribution < -0.4 is 0 Å². The predicted molar refractivity (Wildman–Crippen MR) is 273 cm³/mol. The summed E-state index contributed by atoms with van der Waals surface area (Å²) in [6.07, 6.45) is 17.8. The third kappa shape index (κ3) is 7.41. The van der Waals surface area contributed by atoms with Gasteiger partial charge in [0.05, 0.1) is 0 Å². The Balaban J connectivity index is 1.03. The Morgan fingerprint density at radius 3 is 1.11 bits per heavy atom. The van der Waals surface area contributed by atoms with Crippen molar-refractivity contribution in [3.05, 3.63) is 170 Å². The monoisotopic (exact) mass is 830 g/mol. The van der Waals surface area contributed by atoms with Gasteiger partial charge in [0, 0.05) is 104 Å². The third-order valence-electron chi connectivity index (χ3n) is 13.6. The zero-order valence-corrected chi connectivity index (χ0v) is 37.0. The molecule has 0 fully saturated rings. The number of aryl methyl sites for hydroxylation is 2. The third-order valence-corrected chi connectivity index (χ3v) is 13.6. The van der Waals surface area contributed by atoms with Crippen molar-refractivity contribution < 1.29 is 0 Å². The Morgan fingerprint density at radius 1 is 0.312 bits per heavy atom. The average Bonchev–Trinajstić information content (AvgIpc) is 3.82. The fraction of sp³-hybridized carbons (Fsp3) is 0.200. The van der Waals surface area contributed by atoms with Crippen molar-refractivity contribution in [1.29, 1.82) is 0 Å². The van der Waals surface area contributed by atoms with Gasteiger partial charge >= 0.3 is 0 Å². The van der Waals surface area contributed by atoms with Crippen LogP contribution in [0.2, 0.25) is 0 Å². The molecular weight excluding hydrogens is 777 g/mol. The lowest BCUT2D eigenvalue weighted by Gasteiger charge is -2.10. The van der Waals surface area contributed by atoms with Crippen LogP contribution in [0.4, 0.5) is 0 Å². The SMILES string of the molecule is CCCCCCn1c2cc(-c3cncc(-c4ccc5ccccc5c4)c3)ccc2c2cc3c(cc21)c1ccc(-c2cncc(-c4ccc5ccccc5c4)c2)cc1n3CCCCCC. The van der Waals surface area contributed by atoms with Gasteiger partial charge in [0.25, 0.3) is 0 Å². The van der Waals surface area contributed by atoms with Gasteiger partial charge in [0.1, 0.15) is 0 Å². The van der Waals surface area contributed by atoms with E-state index in [0.29, 0.717) is 0 Å². The first-order valence-electron chi connectivity index (χ1n) is 23.5. The molecule has 7 aromatic carbocycles. The fourth-order valence-electron chi connectivity index (χ4n) is 10.2. The highest BCUT2D eigenvalue weighted by Gasteiger charge is 2.19. The zero-order chi connectivity index (χ0) is 43.0. The standard InChI is InChI=1S/C60H54N4/c1-3-5-7-13-27-63-57-33-47(51-31-49(37-61-39-51)45-21-19-41-15-9-11-17-43(41)29-45)23-25-53(57)55-36-60-56(35-59(55)63)54-26-24-48(34-58(54)64(60)28-14-8-6-4-2)52-32-50(38-62-40-52)46-22-20-42-16-10-12-18-44(42)30-46/h9-12,15-26,29-40H,3-8,13-14,27-28H2,1-2H3. The first-order chi connectivity index (χ1) is 31.6. The minimum atomic E-state index is 0.991. The van der Waals surface area contributed by atoms with E-state index in [1.165, 1.54) is 126 Å². The van der Waals surface area contributed by atoms with Gasteiger partial charge in [-0.1, -0.05) is 149 Å². The summed E-state index contributed by atoms with van der Waals surface area (Å²) >= 11 is 0. The Morgan fingerprint density at radius 2 is 0.688 bits per heavy atom. The highest BCUT2D eigenvalue weighted by molar-refractivity contribution is 6.18. The van der Waals surface area contributed by atoms with E-state index in [-0.39, 0.29) is 0 Å². The number of pyridine rings is 2. The molecule has 64 heavy (non-hydrogen) atoms. The smallest absolute Gasteiger partial charge is 0.0499 e. The molecule has 4 heteroatoms. The van der Waals surface area contributed by atoms with E-state index in [1.807, 2.05) is 24.8 Å². The second kappa shape index (κ2) is 17.3. The van der Waals surface area contributed by atoms with Gasteiger partial charge in [0.15, 0.2) is 0 Å². The number of unbranched alkanes of at least 4 members (excludes halogenated alkanes) is 6. The molecule has 0 spiro atoms. The quantitative estimate of drug-likeness (QED) is 0.102. The van der Waals surface area contributed by atoms with Crippen LogP contribution in [0.25, 0.3) is 110 Å². The molecule has 0 radical (unpaired) electrons. The average molecular weight is 831 g/mol. The molecule has 0 saturated heterocycles. The lowest BCUT2D eigenvalue weighted by atomic mass is 9.99. The molecule has 11 rings (SSSR count). The van der Waals surface area contributed by atoms with Gasteiger partial charge in [-0.05, 0) is 105 Å². The van der Waals surface area contributed by atoms with Crippen molar-refractivity contribution in [2.24, 2.45) is 0 Å². The summed E-state index contributed by atoms with van der Waals surface area (Å²) in [6, 6.07) is 54.4. The van der Waals surface area contributed by atoms with E-state index in [1.54, 1.807) is 0 Å². The molecule has 0 saturated carbocycles. The number of benzene rings is 7. The summed E-state index contributed by atoms with van der Waals surface area (Å²) in [7, 11) is 0. The summed E-state index contributed by atoms with van der Waals surface area (Å²) in [5.74, 6) is 0. The number of aromatic nitrogens is 4. The maximum atomic E-state index is 4.78. The Kier molecular flexibility index (Phi) is 10.7. The molecule has 0 amide bonds. The molecule has 0 bridgehead atoms. The normalized spacial score (nSPS) is 11.9. The van der Waals surface area contributed by atoms with E-state index < -0.39 is 0 Å². The molecule has 0 unspecified atom stereocenters. The molecule has 4 aromatic heterocycles. The molecule has 0 aliphatic carbocycles. The minimum absolute atomic E-state index is 0.991. The van der Waals surface area contributed by atoms with Crippen LogP contribution in [0.3, 0.4) is 0 Å². The molecule has 4 heterocycles. The van der Waals surface area contributed by atoms with E-state index in [9.17, 15) is 0 Å². The second-order valence-electron chi connectivity index (χ2n) is 17.8. The number of hydrogen-bond donors (Lipinski definition) is 0. The van der Waals surface area contributed by atoms with Gasteiger partial charge in [0.2, 0.25) is 0 Å². The number of fused-ring (bicyclic) bond motifs is 8. The molecule has 4 nitrogen and oxygen atoms in total. The summed E-state index contributed by atoms with van der Waals surface area (Å²) in [5.41, 5.74) is 14.5. The van der Waals surface area contributed by atoms with Crippen molar-refractivity contribution in [3.8, 4) is 44.5 Å². The molecule has 0 atom stereocenters. The molecule has 0 aliphatic rings. The first-order valence-corrected chi connectivity index (χ1v) is 23.5. The maximum absolute atomic E-state index is 4.78. The second-order valence-corrected chi connectivity index (χ2v) is 17.8. The lowest BCUT2D eigenvalue weighted by molar-refractivity contribution is 0.602. The number of nitrogens with zero attached hydrogens (tertiary/aromatic N) is 4. The van der Waals surface area contributed by atoms with E-state index in [2.05, 4.69) is 169 Å². The fourth-order valence-corrected chi connectivity index (χ4v) is 10.2. The largest absolute Gasteiger partial charge is 0.340 e. The van der Waals surface area contributed by atoms with Crippen molar-refractivity contribution in [2.45, 2.75) is 78.3 Å². The Bertz CT molecular complexity index is 3260. The van der Waals surface area contributed by atoms with Crippen molar-refractivity contribution in [1.82, 2.24) is 19.1 Å². The van der Waals surface area contributed by atoms with Crippen LogP contribution >= 0.6 is 0 Å². The van der Waals surface area contributed by atoms with Crippen molar-refractivity contribution >= 4 is 65.2 Å². The molecule has 314 valence electrons. The van der Waals surface area contributed by atoms with Crippen LogP contribution in [0, 0.1) is 0 Å². The Hall–Kier alpha value is -7.04. The molecular formula is C60H54N4. The number of rotatable bonds is 14. The van der Waals surface area contributed by atoms with E-state index >= 15 is 0 Å². The Labute approximate surface area is 375 Å². The highest BCUT2D eigenvalue weighted by atomic mass is 15.0.